The van der Waals surface area contributed by atoms with E-state index < -0.39 is 12.0 Å². The first-order valence-electron chi connectivity index (χ1n) is 4.66. The van der Waals surface area contributed by atoms with Gasteiger partial charge in [-0.05, 0) is 6.07 Å². The predicted octanol–water partition coefficient (Wildman–Crippen LogP) is 2.39. The van der Waals surface area contributed by atoms with Gasteiger partial charge in [0.15, 0.2) is 5.65 Å². The highest BCUT2D eigenvalue weighted by Gasteiger charge is 2.38. The fourth-order valence-electron chi connectivity index (χ4n) is 1.51. The molecule has 2 rings (SSSR count). The lowest BCUT2D eigenvalue weighted by Gasteiger charge is -2.09. The zero-order chi connectivity index (χ0) is 13.5. The topological polar surface area (TPSA) is 56.7 Å². The summed E-state index contributed by atoms with van der Waals surface area (Å²) in [5, 5.41) is 0.205. The van der Waals surface area contributed by atoms with Crippen molar-refractivity contribution in [2.45, 2.75) is 12.7 Å². The molecular weight excluding hydrogens is 289 g/mol. The number of halogens is 4. The third-order valence-electron chi connectivity index (χ3n) is 2.12. The van der Waals surface area contributed by atoms with E-state index in [4.69, 9.17) is 17.3 Å². The number of alkyl halides is 3. The standard InChI is InChI=1S/C9H6ClF3N4S/c10-4-1-5-7(15-2-4)17(3-6(14)18)8(16-5)9(11,12)13/h1-2H,3H2,(H2,14,18). The van der Waals surface area contributed by atoms with Gasteiger partial charge in [0.1, 0.15) is 5.52 Å². The molecule has 0 aliphatic rings. The molecule has 0 aliphatic carbocycles. The molecule has 2 aromatic rings. The van der Waals surface area contributed by atoms with Gasteiger partial charge in [-0.25, -0.2) is 9.97 Å². The van der Waals surface area contributed by atoms with Crippen LogP contribution in [0.5, 0.6) is 0 Å². The highest BCUT2D eigenvalue weighted by Crippen LogP contribution is 2.31. The van der Waals surface area contributed by atoms with Crippen molar-refractivity contribution in [2.24, 2.45) is 5.73 Å². The molecule has 0 bridgehead atoms. The van der Waals surface area contributed by atoms with Gasteiger partial charge in [-0.2, -0.15) is 13.2 Å². The molecule has 0 saturated carbocycles. The van der Waals surface area contributed by atoms with Crippen molar-refractivity contribution < 1.29 is 13.2 Å². The first-order chi connectivity index (χ1) is 8.29. The summed E-state index contributed by atoms with van der Waals surface area (Å²) in [6, 6.07) is 1.30. The maximum Gasteiger partial charge on any atom is 0.449 e. The van der Waals surface area contributed by atoms with Crippen LogP contribution in [0, 0.1) is 0 Å². The molecule has 2 N–H and O–H groups in total. The van der Waals surface area contributed by atoms with Crippen LogP contribution in [0.4, 0.5) is 13.2 Å². The van der Waals surface area contributed by atoms with Crippen LogP contribution in [0.3, 0.4) is 0 Å². The molecule has 0 aliphatic heterocycles. The maximum absolute atomic E-state index is 12.8. The van der Waals surface area contributed by atoms with Crippen LogP contribution in [0.25, 0.3) is 11.2 Å². The first kappa shape index (κ1) is 13.0. The van der Waals surface area contributed by atoms with Crippen molar-refractivity contribution in [3.63, 3.8) is 0 Å². The summed E-state index contributed by atoms with van der Waals surface area (Å²) in [7, 11) is 0. The van der Waals surface area contributed by atoms with Gasteiger partial charge < -0.3 is 5.73 Å². The Morgan fingerprint density at radius 1 is 1.50 bits per heavy atom. The Morgan fingerprint density at radius 3 is 2.72 bits per heavy atom. The molecule has 2 aromatic heterocycles. The minimum atomic E-state index is -4.61. The zero-order valence-corrected chi connectivity index (χ0v) is 10.3. The summed E-state index contributed by atoms with van der Waals surface area (Å²) >= 11 is 10.3. The van der Waals surface area contributed by atoms with E-state index >= 15 is 0 Å². The van der Waals surface area contributed by atoms with E-state index in [-0.39, 0.29) is 27.7 Å². The molecule has 9 heteroatoms. The van der Waals surface area contributed by atoms with E-state index in [0.717, 1.165) is 4.57 Å². The largest absolute Gasteiger partial charge is 0.449 e. The molecule has 0 saturated heterocycles. The van der Waals surface area contributed by atoms with Crippen LogP contribution in [-0.4, -0.2) is 19.5 Å². The van der Waals surface area contributed by atoms with Crippen molar-refractivity contribution in [3.05, 3.63) is 23.1 Å². The van der Waals surface area contributed by atoms with E-state index in [0.29, 0.717) is 0 Å². The van der Waals surface area contributed by atoms with Gasteiger partial charge >= 0.3 is 6.18 Å². The maximum atomic E-state index is 12.8. The Morgan fingerprint density at radius 2 is 2.17 bits per heavy atom. The molecule has 18 heavy (non-hydrogen) atoms. The quantitative estimate of drug-likeness (QED) is 0.864. The van der Waals surface area contributed by atoms with Crippen molar-refractivity contribution in [3.8, 4) is 0 Å². The first-order valence-corrected chi connectivity index (χ1v) is 5.45. The van der Waals surface area contributed by atoms with Gasteiger partial charge in [-0.3, -0.25) is 4.57 Å². The van der Waals surface area contributed by atoms with Crippen molar-refractivity contribution in [1.82, 2.24) is 14.5 Å². The lowest BCUT2D eigenvalue weighted by molar-refractivity contribution is -0.146. The average Bonchev–Trinajstić information content (AvgIpc) is 2.55. The summed E-state index contributed by atoms with van der Waals surface area (Å²) < 4.78 is 39.3. The fraction of sp³-hybridized carbons (Fsp3) is 0.222. The van der Waals surface area contributed by atoms with Gasteiger partial charge in [-0.15, -0.1) is 0 Å². The van der Waals surface area contributed by atoms with Crippen molar-refractivity contribution in [2.75, 3.05) is 0 Å². The highest BCUT2D eigenvalue weighted by molar-refractivity contribution is 7.80. The number of fused-ring (bicyclic) bond motifs is 1. The number of thiocarbonyl (C=S) groups is 1. The Bertz CT molecular complexity index is 622. The van der Waals surface area contributed by atoms with Gasteiger partial charge in [0, 0.05) is 6.20 Å². The van der Waals surface area contributed by atoms with E-state index in [1.807, 2.05) is 0 Å². The average molecular weight is 295 g/mol. The smallest absolute Gasteiger partial charge is 0.392 e. The van der Waals surface area contributed by atoms with Crippen LogP contribution < -0.4 is 5.73 Å². The van der Waals surface area contributed by atoms with E-state index in [9.17, 15) is 13.2 Å². The Hall–Kier alpha value is -1.41. The Kier molecular flexibility index (Phi) is 3.16. The summed E-state index contributed by atoms with van der Waals surface area (Å²) in [5.74, 6) is -1.10. The zero-order valence-electron chi connectivity index (χ0n) is 8.70. The second-order valence-corrected chi connectivity index (χ2v) is 4.44. The number of nitrogens with zero attached hydrogens (tertiary/aromatic N) is 3. The van der Waals surface area contributed by atoms with E-state index in [1.165, 1.54) is 12.3 Å². The normalized spacial score (nSPS) is 12.0. The van der Waals surface area contributed by atoms with Crippen LogP contribution >= 0.6 is 23.8 Å². The Labute approximate surface area is 110 Å². The molecule has 96 valence electrons. The van der Waals surface area contributed by atoms with Crippen molar-refractivity contribution >= 4 is 40.0 Å². The summed E-state index contributed by atoms with van der Waals surface area (Å²) in [4.78, 5) is 7.21. The predicted molar refractivity (Wildman–Crippen MR) is 64.3 cm³/mol. The lowest BCUT2D eigenvalue weighted by atomic mass is 10.4. The molecule has 0 spiro atoms. The molecule has 4 nitrogen and oxygen atoms in total. The molecule has 0 fully saturated rings. The minimum Gasteiger partial charge on any atom is -0.392 e. The molecule has 2 heterocycles. The van der Waals surface area contributed by atoms with Crippen LogP contribution in [0.15, 0.2) is 12.3 Å². The monoisotopic (exact) mass is 294 g/mol. The number of imidazole rings is 1. The number of pyridine rings is 1. The second-order valence-electron chi connectivity index (χ2n) is 3.48. The third-order valence-corrected chi connectivity index (χ3v) is 2.45. The number of hydrogen-bond acceptors (Lipinski definition) is 3. The number of nitrogens with two attached hydrogens (primary N) is 1. The van der Waals surface area contributed by atoms with E-state index in [1.54, 1.807) is 0 Å². The molecular formula is C9H6ClF3N4S. The molecule has 0 radical (unpaired) electrons. The second kappa shape index (κ2) is 4.36. The van der Waals surface area contributed by atoms with Gasteiger partial charge in [0.2, 0.25) is 5.82 Å². The van der Waals surface area contributed by atoms with Crippen molar-refractivity contribution in [1.29, 1.82) is 0 Å². The summed E-state index contributed by atoms with van der Waals surface area (Å²) in [6.07, 6.45) is -3.38. The number of aromatic nitrogens is 3. The molecule has 0 unspecified atom stereocenters. The summed E-state index contributed by atoms with van der Waals surface area (Å²) in [6.45, 7) is -0.282. The van der Waals surface area contributed by atoms with E-state index in [2.05, 4.69) is 22.2 Å². The van der Waals surface area contributed by atoms with Crippen LogP contribution in [0.2, 0.25) is 5.02 Å². The SMILES string of the molecule is NC(=S)Cn1c(C(F)(F)F)nc2cc(Cl)cnc21. The number of rotatable bonds is 2. The molecule has 0 atom stereocenters. The molecule has 0 aromatic carbocycles. The lowest BCUT2D eigenvalue weighted by Crippen LogP contribution is -2.22. The third kappa shape index (κ3) is 2.39. The van der Waals surface area contributed by atoms with Gasteiger partial charge in [0.05, 0.1) is 16.6 Å². The summed E-state index contributed by atoms with van der Waals surface area (Å²) in [5.41, 5.74) is 5.37. The minimum absolute atomic E-state index is 0.0412. The van der Waals surface area contributed by atoms with Gasteiger partial charge in [-0.1, -0.05) is 23.8 Å². The van der Waals surface area contributed by atoms with Crippen LogP contribution in [-0.2, 0) is 12.7 Å². The highest BCUT2D eigenvalue weighted by atomic mass is 35.5. The number of hydrogen-bond donors (Lipinski definition) is 1. The van der Waals surface area contributed by atoms with Gasteiger partial charge in [0.25, 0.3) is 0 Å². The fourth-order valence-corrected chi connectivity index (χ4v) is 1.79. The Balaban J connectivity index is 2.72. The molecule has 0 amide bonds. The van der Waals surface area contributed by atoms with Crippen LogP contribution in [0.1, 0.15) is 5.82 Å².